The number of hydrogen-bond acceptors (Lipinski definition) is 15. The summed E-state index contributed by atoms with van der Waals surface area (Å²) in [6, 6.07) is 0. The molecule has 84 heavy (non-hydrogen) atoms. The van der Waals surface area contributed by atoms with E-state index in [1.807, 2.05) is 0 Å². The van der Waals surface area contributed by atoms with E-state index >= 15 is 0 Å². The zero-order chi connectivity index (χ0) is 62.5. The summed E-state index contributed by atoms with van der Waals surface area (Å²) in [4.78, 5) is 72.3. The quantitative estimate of drug-likeness (QED) is 0.0222. The molecule has 0 aromatic carbocycles. The first-order chi connectivity index (χ1) is 40.1. The first kappa shape index (κ1) is 82.1. The van der Waals surface area contributed by atoms with Gasteiger partial charge in [0.05, 0.1) is 26.4 Å². The molecule has 0 amide bonds. The molecule has 0 aliphatic heterocycles. The van der Waals surface area contributed by atoms with Gasteiger partial charge in [0.2, 0.25) is 0 Å². The minimum Gasteiger partial charge on any atom is -0.462 e. The lowest BCUT2D eigenvalue weighted by molar-refractivity contribution is -0.161. The lowest BCUT2D eigenvalue weighted by Crippen LogP contribution is -2.30. The highest BCUT2D eigenvalue weighted by Gasteiger charge is 2.30. The highest BCUT2D eigenvalue weighted by Crippen LogP contribution is 2.45. The average molecular weight is 1240 g/mol. The van der Waals surface area contributed by atoms with Crippen molar-refractivity contribution in [3.05, 3.63) is 0 Å². The van der Waals surface area contributed by atoms with E-state index in [4.69, 9.17) is 37.0 Å². The summed E-state index contributed by atoms with van der Waals surface area (Å²) in [6.07, 6.45) is 35.0. The third-order valence-electron chi connectivity index (χ3n) is 15.2. The Labute approximate surface area is 511 Å². The van der Waals surface area contributed by atoms with E-state index in [1.54, 1.807) is 0 Å². The molecule has 0 saturated carbocycles. The maximum absolute atomic E-state index is 13.0. The second kappa shape index (κ2) is 55.2. The molecule has 0 spiro atoms. The van der Waals surface area contributed by atoms with Crippen LogP contribution in [0.25, 0.3) is 0 Å². The van der Waals surface area contributed by atoms with Crippen LogP contribution in [0.3, 0.4) is 0 Å². The number of aliphatic hydroxyl groups is 1. The van der Waals surface area contributed by atoms with E-state index < -0.39 is 97.5 Å². The van der Waals surface area contributed by atoms with Crippen molar-refractivity contribution in [3.63, 3.8) is 0 Å². The highest BCUT2D eigenvalue weighted by atomic mass is 31.2. The molecule has 0 aliphatic rings. The van der Waals surface area contributed by atoms with Crippen molar-refractivity contribution in [1.82, 2.24) is 0 Å². The second-order valence-electron chi connectivity index (χ2n) is 25.2. The SMILES string of the molecule is CCC(C)CCCCCCCCC(=O)OC[C@H](COP(=O)(O)OCC(O)COP(=O)(O)OC[C@@H](COC(=O)CCCCCCCCCC(C)C)OC(=O)CCCCCCCCCCC(C)C)OC(=O)CCCCCCCCCCCCC(C)C. The Bertz CT molecular complexity index is 1680. The summed E-state index contributed by atoms with van der Waals surface area (Å²) in [6.45, 7) is 14.0. The zero-order valence-corrected chi connectivity index (χ0v) is 56.3. The minimum absolute atomic E-state index is 0.103. The molecule has 0 heterocycles. The largest absolute Gasteiger partial charge is 0.472 e. The molecule has 17 nitrogen and oxygen atoms in total. The molecular weight excluding hydrogens is 1110 g/mol. The molecular formula is C65H126O17P2. The van der Waals surface area contributed by atoms with E-state index in [9.17, 15) is 43.2 Å². The van der Waals surface area contributed by atoms with Gasteiger partial charge in [0.1, 0.15) is 19.3 Å². The molecule has 0 radical (unpaired) electrons. The Balaban J connectivity index is 5.26. The number of aliphatic hydroxyl groups excluding tert-OH is 1. The number of hydrogen-bond donors (Lipinski definition) is 3. The van der Waals surface area contributed by atoms with Gasteiger partial charge < -0.3 is 33.8 Å². The van der Waals surface area contributed by atoms with Gasteiger partial charge in [0.25, 0.3) is 0 Å². The van der Waals surface area contributed by atoms with Crippen molar-refractivity contribution < 1.29 is 80.2 Å². The molecule has 0 aromatic heterocycles. The second-order valence-corrected chi connectivity index (χ2v) is 28.1. The molecule has 19 heteroatoms. The molecule has 0 bridgehead atoms. The number of carbonyl (C=O) groups excluding carboxylic acids is 4. The molecule has 0 rings (SSSR count). The maximum Gasteiger partial charge on any atom is 0.472 e. The van der Waals surface area contributed by atoms with Gasteiger partial charge in [-0.3, -0.25) is 37.3 Å². The van der Waals surface area contributed by atoms with E-state index in [0.29, 0.717) is 31.6 Å². The lowest BCUT2D eigenvalue weighted by Gasteiger charge is -2.21. The summed E-state index contributed by atoms with van der Waals surface area (Å²) < 4.78 is 68.0. The minimum atomic E-state index is -4.95. The predicted molar refractivity (Wildman–Crippen MR) is 335 cm³/mol. The Morgan fingerprint density at radius 2 is 0.571 bits per heavy atom. The fourth-order valence-electron chi connectivity index (χ4n) is 9.57. The number of phosphoric ester groups is 2. The molecule has 6 atom stereocenters. The van der Waals surface area contributed by atoms with Crippen LogP contribution in [0, 0.1) is 23.7 Å². The number of unbranched alkanes of at least 4 members (excludes halogenated alkanes) is 27. The summed E-state index contributed by atoms with van der Waals surface area (Å²) in [7, 11) is -9.89. The number of ether oxygens (including phenoxy) is 4. The molecule has 0 fully saturated rings. The number of esters is 4. The van der Waals surface area contributed by atoms with Crippen LogP contribution in [-0.4, -0.2) is 96.7 Å². The molecule has 0 saturated heterocycles. The van der Waals surface area contributed by atoms with Gasteiger partial charge in [-0.15, -0.1) is 0 Å². The third kappa shape index (κ3) is 57.8. The van der Waals surface area contributed by atoms with Gasteiger partial charge in [-0.1, -0.05) is 261 Å². The zero-order valence-electron chi connectivity index (χ0n) is 54.5. The van der Waals surface area contributed by atoms with Crippen molar-refractivity contribution >= 4 is 39.5 Å². The number of phosphoric acid groups is 2. The van der Waals surface area contributed by atoms with Crippen molar-refractivity contribution in [2.45, 2.75) is 331 Å². The van der Waals surface area contributed by atoms with Gasteiger partial charge in [0.15, 0.2) is 12.2 Å². The monoisotopic (exact) mass is 1240 g/mol. The topological polar surface area (TPSA) is 237 Å². The highest BCUT2D eigenvalue weighted by molar-refractivity contribution is 7.47. The number of carbonyl (C=O) groups is 4. The van der Waals surface area contributed by atoms with Crippen LogP contribution in [0.2, 0.25) is 0 Å². The molecule has 498 valence electrons. The molecule has 3 N–H and O–H groups in total. The molecule has 0 aromatic rings. The van der Waals surface area contributed by atoms with Crippen LogP contribution in [0.5, 0.6) is 0 Å². The fourth-order valence-corrected chi connectivity index (χ4v) is 11.2. The summed E-state index contributed by atoms with van der Waals surface area (Å²) >= 11 is 0. The Kier molecular flexibility index (Phi) is 53.9. The van der Waals surface area contributed by atoms with Gasteiger partial charge >= 0.3 is 39.5 Å². The van der Waals surface area contributed by atoms with Crippen LogP contribution < -0.4 is 0 Å². The van der Waals surface area contributed by atoms with Crippen molar-refractivity contribution in [2.24, 2.45) is 23.7 Å². The normalized spacial score (nSPS) is 14.7. The van der Waals surface area contributed by atoms with Crippen molar-refractivity contribution in [1.29, 1.82) is 0 Å². The first-order valence-corrected chi connectivity index (χ1v) is 36.7. The van der Waals surface area contributed by atoms with Crippen LogP contribution >= 0.6 is 15.6 Å². The van der Waals surface area contributed by atoms with Crippen LogP contribution in [0.15, 0.2) is 0 Å². The smallest absolute Gasteiger partial charge is 0.462 e. The van der Waals surface area contributed by atoms with Gasteiger partial charge in [-0.25, -0.2) is 9.13 Å². The van der Waals surface area contributed by atoms with Gasteiger partial charge in [0, 0.05) is 25.7 Å². The average Bonchev–Trinajstić information content (AvgIpc) is 3.52. The molecule has 0 aliphatic carbocycles. The maximum atomic E-state index is 13.0. The Morgan fingerprint density at radius 1 is 0.333 bits per heavy atom. The fraction of sp³-hybridized carbons (Fsp3) is 0.938. The van der Waals surface area contributed by atoms with Crippen molar-refractivity contribution in [2.75, 3.05) is 39.6 Å². The summed E-state index contributed by atoms with van der Waals surface area (Å²) in [5, 5.41) is 10.5. The molecule has 4 unspecified atom stereocenters. The van der Waals surface area contributed by atoms with E-state index in [-0.39, 0.29) is 25.7 Å². The Morgan fingerprint density at radius 3 is 0.845 bits per heavy atom. The first-order valence-electron chi connectivity index (χ1n) is 33.7. The van der Waals surface area contributed by atoms with E-state index in [2.05, 4.69) is 55.4 Å². The third-order valence-corrected chi connectivity index (χ3v) is 17.1. The van der Waals surface area contributed by atoms with E-state index in [1.165, 1.54) is 103 Å². The summed E-state index contributed by atoms with van der Waals surface area (Å²) in [5.41, 5.74) is 0. The van der Waals surface area contributed by atoms with Crippen molar-refractivity contribution in [3.8, 4) is 0 Å². The Hall–Kier alpha value is -1.94. The lowest BCUT2D eigenvalue weighted by atomic mass is 10.00. The van der Waals surface area contributed by atoms with Crippen LogP contribution in [0.1, 0.15) is 312 Å². The predicted octanol–water partition coefficient (Wildman–Crippen LogP) is 17.8. The van der Waals surface area contributed by atoms with Crippen LogP contribution in [0.4, 0.5) is 0 Å². The standard InChI is InChI=1S/C65H126O17P2/c1-9-58(8)44-36-28-23-24-30-38-46-63(68)76-52-61(81-64(69)47-39-31-20-13-11-10-12-17-25-33-41-55(2)3)54-80-84(73,74)78-50-59(66)49-77-83(71,72)79-53-60(51-75-62(67)45-37-29-22-16-19-27-35-43-57(6)7)82-65(70)48-40-32-21-15-14-18-26-34-42-56(4)5/h55-61,66H,9-54H2,1-8H3,(H,71,72)(H,73,74)/t58?,59?,60-,61-/m1/s1. The van der Waals surface area contributed by atoms with E-state index in [0.717, 1.165) is 120 Å². The van der Waals surface area contributed by atoms with Gasteiger partial charge in [-0.2, -0.15) is 0 Å². The van der Waals surface area contributed by atoms with Crippen LogP contribution in [-0.2, 0) is 65.4 Å². The summed E-state index contributed by atoms with van der Waals surface area (Å²) in [5.74, 6) is 0.766. The van der Waals surface area contributed by atoms with Gasteiger partial charge in [-0.05, 0) is 49.4 Å². The number of rotatable bonds is 62.